The third-order valence-corrected chi connectivity index (χ3v) is 3.96. The van der Waals surface area contributed by atoms with Gasteiger partial charge in [0.25, 0.3) is 5.91 Å². The van der Waals surface area contributed by atoms with Crippen LogP contribution in [0.1, 0.15) is 27.6 Å². The minimum Gasteiger partial charge on any atom is -0.370 e. The number of benzene rings is 2. The smallest absolute Gasteiger partial charge is 0.370 e. The van der Waals surface area contributed by atoms with Gasteiger partial charge in [-0.15, -0.1) is 0 Å². The number of hydrogen-bond donors (Lipinski definition) is 0. The summed E-state index contributed by atoms with van der Waals surface area (Å²) in [5.41, 5.74) is 0.166. The SMILES string of the molecule is O=C(c1cccc(C(F)(F)F)c1)N1CCOC(c2ccccc2)C1. The summed E-state index contributed by atoms with van der Waals surface area (Å²) in [6.45, 7) is 1.03. The second-order valence-electron chi connectivity index (χ2n) is 5.60. The fourth-order valence-electron chi connectivity index (χ4n) is 2.71. The molecule has 1 saturated heterocycles. The lowest BCUT2D eigenvalue weighted by Gasteiger charge is -2.33. The Morgan fingerprint density at radius 2 is 1.83 bits per heavy atom. The Kier molecular flexibility index (Phi) is 4.57. The van der Waals surface area contributed by atoms with Gasteiger partial charge in [0.15, 0.2) is 0 Å². The van der Waals surface area contributed by atoms with Gasteiger partial charge in [0.2, 0.25) is 0 Å². The fraction of sp³-hybridized carbons (Fsp3) is 0.278. The van der Waals surface area contributed by atoms with Crippen molar-refractivity contribution < 1.29 is 22.7 Å². The van der Waals surface area contributed by atoms with Gasteiger partial charge < -0.3 is 9.64 Å². The highest BCUT2D eigenvalue weighted by Crippen LogP contribution is 2.30. The molecular formula is C18H16F3NO2. The molecule has 24 heavy (non-hydrogen) atoms. The average molecular weight is 335 g/mol. The molecule has 1 unspecified atom stereocenters. The number of carbonyl (C=O) groups excluding carboxylic acids is 1. The number of halogens is 3. The summed E-state index contributed by atoms with van der Waals surface area (Å²) in [6, 6.07) is 14.0. The van der Waals surface area contributed by atoms with Crippen molar-refractivity contribution in [2.75, 3.05) is 19.7 Å². The number of alkyl halides is 3. The van der Waals surface area contributed by atoms with Crippen molar-refractivity contribution in [3.63, 3.8) is 0 Å². The molecule has 1 aliphatic heterocycles. The molecule has 0 N–H and O–H groups in total. The van der Waals surface area contributed by atoms with E-state index >= 15 is 0 Å². The van der Waals surface area contributed by atoms with Crippen molar-refractivity contribution in [2.24, 2.45) is 0 Å². The first-order valence-electron chi connectivity index (χ1n) is 7.58. The van der Waals surface area contributed by atoms with Crippen LogP contribution in [-0.2, 0) is 10.9 Å². The van der Waals surface area contributed by atoms with Crippen LogP contribution in [-0.4, -0.2) is 30.5 Å². The molecule has 0 aromatic heterocycles. The molecule has 1 heterocycles. The van der Waals surface area contributed by atoms with E-state index in [2.05, 4.69) is 0 Å². The molecule has 0 bridgehead atoms. The summed E-state index contributed by atoms with van der Waals surface area (Å²) in [7, 11) is 0. The maximum atomic E-state index is 12.8. The zero-order chi connectivity index (χ0) is 17.2. The quantitative estimate of drug-likeness (QED) is 0.832. The first-order chi connectivity index (χ1) is 11.4. The van der Waals surface area contributed by atoms with E-state index in [1.54, 1.807) is 0 Å². The van der Waals surface area contributed by atoms with Gasteiger partial charge in [-0.05, 0) is 23.8 Å². The summed E-state index contributed by atoms with van der Waals surface area (Å²) >= 11 is 0. The molecule has 126 valence electrons. The van der Waals surface area contributed by atoms with Gasteiger partial charge in [-0.2, -0.15) is 13.2 Å². The molecule has 0 spiro atoms. The second-order valence-corrected chi connectivity index (χ2v) is 5.60. The van der Waals surface area contributed by atoms with Crippen molar-refractivity contribution in [1.82, 2.24) is 4.90 Å². The monoisotopic (exact) mass is 335 g/mol. The van der Waals surface area contributed by atoms with E-state index in [-0.39, 0.29) is 11.7 Å². The van der Waals surface area contributed by atoms with Gasteiger partial charge in [0.1, 0.15) is 6.10 Å². The van der Waals surface area contributed by atoms with Gasteiger partial charge in [-0.1, -0.05) is 36.4 Å². The zero-order valence-corrected chi connectivity index (χ0v) is 12.8. The predicted molar refractivity (Wildman–Crippen MR) is 82.5 cm³/mol. The van der Waals surface area contributed by atoms with Crippen LogP contribution in [0.25, 0.3) is 0 Å². The number of carbonyl (C=O) groups is 1. The summed E-state index contributed by atoms with van der Waals surface area (Å²) in [6.07, 6.45) is -4.73. The molecule has 1 aliphatic rings. The maximum absolute atomic E-state index is 12.8. The summed E-state index contributed by atoms with van der Waals surface area (Å²) in [5.74, 6) is -0.412. The molecule has 1 fully saturated rings. The Morgan fingerprint density at radius 1 is 1.08 bits per heavy atom. The van der Waals surface area contributed by atoms with Crippen LogP contribution in [0.5, 0.6) is 0 Å². The lowest BCUT2D eigenvalue weighted by atomic mass is 10.1. The number of morpholine rings is 1. The third-order valence-electron chi connectivity index (χ3n) is 3.96. The maximum Gasteiger partial charge on any atom is 0.416 e. The van der Waals surface area contributed by atoms with E-state index in [1.807, 2.05) is 30.3 Å². The molecule has 1 atom stereocenters. The Balaban J connectivity index is 1.78. The van der Waals surface area contributed by atoms with Crippen LogP contribution < -0.4 is 0 Å². The molecule has 3 nitrogen and oxygen atoms in total. The van der Waals surface area contributed by atoms with Crippen LogP contribution in [0.4, 0.5) is 13.2 Å². The number of hydrogen-bond acceptors (Lipinski definition) is 2. The Morgan fingerprint density at radius 3 is 2.54 bits per heavy atom. The normalized spacial score (nSPS) is 18.5. The predicted octanol–water partition coefficient (Wildman–Crippen LogP) is 3.92. The van der Waals surface area contributed by atoms with Crippen molar-refractivity contribution in [3.05, 3.63) is 71.3 Å². The van der Waals surface area contributed by atoms with Crippen molar-refractivity contribution in [3.8, 4) is 0 Å². The molecule has 0 aliphatic carbocycles. The van der Waals surface area contributed by atoms with Crippen molar-refractivity contribution in [1.29, 1.82) is 0 Å². The Labute approximate surface area is 137 Å². The van der Waals surface area contributed by atoms with E-state index in [9.17, 15) is 18.0 Å². The molecule has 1 amide bonds. The van der Waals surface area contributed by atoms with Crippen LogP contribution in [0.3, 0.4) is 0 Å². The van der Waals surface area contributed by atoms with E-state index in [0.717, 1.165) is 17.7 Å². The van der Waals surface area contributed by atoms with Crippen LogP contribution >= 0.6 is 0 Å². The summed E-state index contributed by atoms with van der Waals surface area (Å²) in [5, 5.41) is 0. The van der Waals surface area contributed by atoms with Crippen LogP contribution in [0.2, 0.25) is 0 Å². The Hall–Kier alpha value is -2.34. The molecule has 2 aromatic carbocycles. The molecule has 2 aromatic rings. The molecule has 0 radical (unpaired) electrons. The van der Waals surface area contributed by atoms with Gasteiger partial charge in [0.05, 0.1) is 18.7 Å². The lowest BCUT2D eigenvalue weighted by Crippen LogP contribution is -2.42. The second kappa shape index (κ2) is 6.65. The van der Waals surface area contributed by atoms with E-state index in [1.165, 1.54) is 17.0 Å². The van der Waals surface area contributed by atoms with E-state index in [4.69, 9.17) is 4.74 Å². The standard InChI is InChI=1S/C18H16F3NO2/c19-18(20,21)15-8-4-7-14(11-15)17(23)22-9-10-24-16(12-22)13-5-2-1-3-6-13/h1-8,11,16H,9-10,12H2. The highest BCUT2D eigenvalue weighted by Gasteiger charge is 2.32. The third kappa shape index (κ3) is 3.59. The molecule has 3 rings (SSSR count). The summed E-state index contributed by atoms with van der Waals surface area (Å²) < 4.78 is 44.1. The van der Waals surface area contributed by atoms with Gasteiger partial charge in [0, 0.05) is 12.1 Å². The minimum atomic E-state index is -4.46. The fourth-order valence-corrected chi connectivity index (χ4v) is 2.71. The van der Waals surface area contributed by atoms with Gasteiger partial charge in [-0.3, -0.25) is 4.79 Å². The number of nitrogens with zero attached hydrogens (tertiary/aromatic N) is 1. The molecular weight excluding hydrogens is 319 g/mol. The molecule has 6 heteroatoms. The highest BCUT2D eigenvalue weighted by molar-refractivity contribution is 5.94. The van der Waals surface area contributed by atoms with Gasteiger partial charge in [-0.25, -0.2) is 0 Å². The van der Waals surface area contributed by atoms with E-state index < -0.39 is 17.6 Å². The minimum absolute atomic E-state index is 0.0403. The Bertz CT molecular complexity index is 716. The largest absolute Gasteiger partial charge is 0.416 e. The van der Waals surface area contributed by atoms with Gasteiger partial charge >= 0.3 is 6.18 Å². The highest BCUT2D eigenvalue weighted by atomic mass is 19.4. The number of rotatable bonds is 2. The lowest BCUT2D eigenvalue weighted by molar-refractivity contribution is -0.137. The van der Waals surface area contributed by atoms with Crippen LogP contribution in [0.15, 0.2) is 54.6 Å². The summed E-state index contributed by atoms with van der Waals surface area (Å²) in [4.78, 5) is 14.1. The molecule has 0 saturated carbocycles. The average Bonchev–Trinajstić information content (AvgIpc) is 2.61. The van der Waals surface area contributed by atoms with Crippen molar-refractivity contribution in [2.45, 2.75) is 12.3 Å². The number of ether oxygens (including phenoxy) is 1. The number of amides is 1. The van der Waals surface area contributed by atoms with Crippen LogP contribution in [0, 0.1) is 0 Å². The zero-order valence-electron chi connectivity index (χ0n) is 12.8. The topological polar surface area (TPSA) is 29.5 Å². The first kappa shape index (κ1) is 16.5. The van der Waals surface area contributed by atoms with Crippen molar-refractivity contribution >= 4 is 5.91 Å². The van der Waals surface area contributed by atoms with E-state index in [0.29, 0.717) is 19.7 Å². The first-order valence-corrected chi connectivity index (χ1v) is 7.58.